The maximum atomic E-state index is 6.94. The van der Waals surface area contributed by atoms with Crippen molar-refractivity contribution >= 4 is 27.2 Å². The van der Waals surface area contributed by atoms with Crippen LogP contribution in [0.2, 0.25) is 0 Å². The molecule has 8 rings (SSSR count). The Morgan fingerprint density at radius 1 is 0.638 bits per heavy atom. The van der Waals surface area contributed by atoms with Crippen molar-refractivity contribution < 1.29 is 0 Å². The summed E-state index contributed by atoms with van der Waals surface area (Å²) in [5.74, 6) is 0. The summed E-state index contributed by atoms with van der Waals surface area (Å²) in [6.45, 7) is 5.42. The molecule has 0 heterocycles. The molecule has 3 N–H and O–H groups in total. The van der Waals surface area contributed by atoms with Gasteiger partial charge in [-0.05, 0) is 89.8 Å². The quantitative estimate of drug-likeness (QED) is 0.189. The van der Waals surface area contributed by atoms with Crippen LogP contribution in [-0.2, 0) is 12.0 Å². The van der Waals surface area contributed by atoms with Crippen LogP contribution in [0.25, 0.3) is 49.5 Å². The van der Waals surface area contributed by atoms with Crippen LogP contribution in [0.15, 0.2) is 158 Å². The highest BCUT2D eigenvalue weighted by molar-refractivity contribution is 5.98. The molecule has 228 valence electrons. The third-order valence-electron chi connectivity index (χ3n) is 9.93. The van der Waals surface area contributed by atoms with E-state index in [-0.39, 0.29) is 11.5 Å². The molecule has 0 spiro atoms. The maximum Gasteiger partial charge on any atom is 0.0510 e. The zero-order valence-electron chi connectivity index (χ0n) is 26.9. The van der Waals surface area contributed by atoms with Crippen LogP contribution in [0.3, 0.4) is 0 Å². The van der Waals surface area contributed by atoms with E-state index in [1.807, 2.05) is 0 Å². The second-order valence-corrected chi connectivity index (χ2v) is 13.2. The maximum absolute atomic E-state index is 6.94. The van der Waals surface area contributed by atoms with E-state index >= 15 is 0 Å². The molecule has 2 nitrogen and oxygen atoms in total. The Morgan fingerprint density at radius 2 is 1.30 bits per heavy atom. The summed E-state index contributed by atoms with van der Waals surface area (Å²) in [6.07, 6.45) is 2.17. The highest BCUT2D eigenvalue weighted by Gasteiger charge is 2.37. The molecule has 0 saturated heterocycles. The molecule has 0 bridgehead atoms. The number of rotatable bonds is 7. The lowest BCUT2D eigenvalue weighted by Crippen LogP contribution is -2.16. The summed E-state index contributed by atoms with van der Waals surface area (Å²) in [7, 11) is 0. The van der Waals surface area contributed by atoms with Crippen molar-refractivity contribution in [3.63, 3.8) is 0 Å². The van der Waals surface area contributed by atoms with Gasteiger partial charge in [0.05, 0.1) is 6.04 Å². The number of nitrogens with one attached hydrogen (secondary N) is 1. The zero-order chi connectivity index (χ0) is 32.0. The van der Waals surface area contributed by atoms with Crippen molar-refractivity contribution in [1.82, 2.24) is 5.32 Å². The van der Waals surface area contributed by atoms with Gasteiger partial charge in [0, 0.05) is 17.7 Å². The minimum Gasteiger partial charge on any atom is -0.381 e. The largest absolute Gasteiger partial charge is 0.381 e. The number of fused-ring (bicyclic) bond motifs is 5. The lowest BCUT2D eigenvalue weighted by atomic mass is 9.81. The van der Waals surface area contributed by atoms with Crippen LogP contribution in [-0.4, -0.2) is 0 Å². The fourth-order valence-corrected chi connectivity index (χ4v) is 7.40. The van der Waals surface area contributed by atoms with Crippen molar-refractivity contribution in [3.8, 4) is 22.3 Å². The zero-order valence-corrected chi connectivity index (χ0v) is 26.9. The van der Waals surface area contributed by atoms with Crippen LogP contribution in [0, 0.1) is 0 Å². The molecule has 1 aliphatic carbocycles. The topological polar surface area (TPSA) is 38.0 Å². The number of hydrogen-bond acceptors (Lipinski definition) is 2. The Morgan fingerprint density at radius 3 is 2.09 bits per heavy atom. The third kappa shape index (κ3) is 5.21. The van der Waals surface area contributed by atoms with Gasteiger partial charge in [-0.25, -0.2) is 0 Å². The SMILES string of the molecule is CC1(C)c2cc3ccccc3cc2-c2c(-c3ccc(/C(=C/C(N)c4cccc5ccccc45)NCc4ccccc4)cc3)cccc21. The fourth-order valence-electron chi connectivity index (χ4n) is 7.40. The predicted molar refractivity (Wildman–Crippen MR) is 199 cm³/mol. The van der Waals surface area contributed by atoms with Gasteiger partial charge in [0.2, 0.25) is 0 Å². The number of benzene rings is 7. The molecular weight excluding hydrogens is 569 g/mol. The summed E-state index contributed by atoms with van der Waals surface area (Å²) < 4.78 is 0. The molecule has 1 atom stereocenters. The van der Waals surface area contributed by atoms with Crippen molar-refractivity contribution in [3.05, 3.63) is 186 Å². The van der Waals surface area contributed by atoms with Gasteiger partial charge in [-0.15, -0.1) is 0 Å². The Kier molecular flexibility index (Phi) is 7.24. The molecule has 0 fully saturated rings. The molecule has 0 radical (unpaired) electrons. The molecule has 1 unspecified atom stereocenters. The summed E-state index contributed by atoms with van der Waals surface area (Å²) in [5, 5.41) is 8.68. The van der Waals surface area contributed by atoms with Crippen molar-refractivity contribution in [1.29, 1.82) is 0 Å². The van der Waals surface area contributed by atoms with Crippen molar-refractivity contribution in [2.24, 2.45) is 5.73 Å². The summed E-state index contributed by atoms with van der Waals surface area (Å²) in [6, 6.07) is 54.3. The lowest BCUT2D eigenvalue weighted by Gasteiger charge is -2.22. The van der Waals surface area contributed by atoms with Crippen LogP contribution in [0.5, 0.6) is 0 Å². The summed E-state index contributed by atoms with van der Waals surface area (Å²) in [4.78, 5) is 0. The van der Waals surface area contributed by atoms with Crippen LogP contribution in [0.4, 0.5) is 0 Å². The van der Waals surface area contributed by atoms with Gasteiger partial charge in [-0.3, -0.25) is 0 Å². The van der Waals surface area contributed by atoms with Gasteiger partial charge in [0.25, 0.3) is 0 Å². The van der Waals surface area contributed by atoms with E-state index in [0.29, 0.717) is 6.54 Å². The summed E-state index contributed by atoms with van der Waals surface area (Å²) >= 11 is 0. The normalized spacial score (nSPS) is 14.1. The van der Waals surface area contributed by atoms with Crippen molar-refractivity contribution in [2.75, 3.05) is 0 Å². The first kappa shape index (κ1) is 29.0. The molecule has 2 heteroatoms. The molecule has 7 aromatic carbocycles. The first-order chi connectivity index (χ1) is 23.0. The van der Waals surface area contributed by atoms with Gasteiger partial charge < -0.3 is 11.1 Å². The number of hydrogen-bond donors (Lipinski definition) is 2. The first-order valence-electron chi connectivity index (χ1n) is 16.5. The van der Waals surface area contributed by atoms with Crippen LogP contribution >= 0.6 is 0 Å². The first-order valence-corrected chi connectivity index (χ1v) is 16.5. The predicted octanol–water partition coefficient (Wildman–Crippen LogP) is 10.8. The smallest absolute Gasteiger partial charge is 0.0510 e. The standard InChI is InChI=1S/C45H38N2/c1-45(2)40-21-11-19-37(44(40)39-26-34-15-6-7-16-35(34)27-41(39)45)32-22-24-33(25-23-32)43(47-29-30-12-4-3-5-13-30)28-42(46)38-20-10-17-31-14-8-9-18-36(31)38/h3-28,42,47H,29,46H2,1-2H3/b43-28-. The lowest BCUT2D eigenvalue weighted by molar-refractivity contribution is 0.661. The molecule has 0 saturated carbocycles. The minimum absolute atomic E-state index is 0.0698. The van der Waals surface area contributed by atoms with E-state index in [0.717, 1.165) is 16.8 Å². The average Bonchev–Trinajstić information content (AvgIpc) is 3.34. The highest BCUT2D eigenvalue weighted by Crippen LogP contribution is 2.53. The van der Waals surface area contributed by atoms with E-state index in [1.165, 1.54) is 60.5 Å². The average molecular weight is 607 g/mol. The van der Waals surface area contributed by atoms with E-state index in [9.17, 15) is 0 Å². The highest BCUT2D eigenvalue weighted by atomic mass is 14.9. The molecule has 0 aliphatic heterocycles. The van der Waals surface area contributed by atoms with Gasteiger partial charge >= 0.3 is 0 Å². The Bertz CT molecular complexity index is 2270. The second kappa shape index (κ2) is 11.7. The van der Waals surface area contributed by atoms with Gasteiger partial charge in [-0.1, -0.05) is 153 Å². The Labute approximate surface area is 277 Å². The van der Waals surface area contributed by atoms with E-state index in [1.54, 1.807) is 0 Å². The minimum atomic E-state index is -0.273. The second-order valence-electron chi connectivity index (χ2n) is 13.2. The monoisotopic (exact) mass is 606 g/mol. The Hall–Kier alpha value is -5.44. The molecule has 0 aromatic heterocycles. The van der Waals surface area contributed by atoms with Crippen LogP contribution < -0.4 is 11.1 Å². The molecule has 7 aromatic rings. The Balaban J connectivity index is 1.19. The fraction of sp³-hybridized carbons (Fsp3) is 0.111. The molecule has 1 aliphatic rings. The van der Waals surface area contributed by atoms with Gasteiger partial charge in [-0.2, -0.15) is 0 Å². The van der Waals surface area contributed by atoms with Gasteiger partial charge in [0.1, 0.15) is 0 Å². The molecule has 47 heavy (non-hydrogen) atoms. The van der Waals surface area contributed by atoms with E-state index in [2.05, 4.69) is 177 Å². The third-order valence-corrected chi connectivity index (χ3v) is 9.93. The van der Waals surface area contributed by atoms with E-state index < -0.39 is 0 Å². The molecular formula is C45H38N2. The van der Waals surface area contributed by atoms with Gasteiger partial charge in [0.15, 0.2) is 0 Å². The summed E-state index contributed by atoms with van der Waals surface area (Å²) in [5.41, 5.74) is 19.3. The molecule has 0 amide bonds. The van der Waals surface area contributed by atoms with Crippen LogP contribution in [0.1, 0.15) is 47.7 Å². The van der Waals surface area contributed by atoms with Crippen molar-refractivity contribution in [2.45, 2.75) is 31.8 Å². The number of nitrogens with two attached hydrogens (primary N) is 1. The van der Waals surface area contributed by atoms with E-state index in [4.69, 9.17) is 5.73 Å².